The van der Waals surface area contributed by atoms with Crippen molar-refractivity contribution in [2.45, 2.75) is 37.8 Å². The first kappa shape index (κ1) is 9.22. The number of rotatable bonds is 2. The lowest BCUT2D eigenvalue weighted by Gasteiger charge is -2.23. The molecule has 1 aliphatic carbocycles. The van der Waals surface area contributed by atoms with Crippen LogP contribution in [0.2, 0.25) is 0 Å². The van der Waals surface area contributed by atoms with E-state index in [1.807, 2.05) is 0 Å². The lowest BCUT2D eigenvalue weighted by molar-refractivity contribution is 0.370. The molecular weight excluding hydrogens is 160 g/mol. The highest BCUT2D eigenvalue weighted by atomic mass is 15.2. The molecule has 13 heavy (non-hydrogen) atoms. The van der Waals surface area contributed by atoms with Crippen LogP contribution in [0.5, 0.6) is 0 Å². The van der Waals surface area contributed by atoms with Crippen LogP contribution in [0.15, 0.2) is 12.2 Å². The number of hydrogen-bond acceptors (Lipinski definition) is 2. The molecule has 0 spiro atoms. The van der Waals surface area contributed by atoms with Crippen LogP contribution in [0.4, 0.5) is 0 Å². The standard InChI is InChI=1S/C11H20N2/c1-13-8-7-11(9-13)12-10-5-3-2-4-6-10/h2-3,10-12H,4-9H2,1H3. The lowest BCUT2D eigenvalue weighted by atomic mass is 10.0. The molecule has 1 N–H and O–H groups in total. The second-order valence-corrected chi connectivity index (χ2v) is 4.40. The van der Waals surface area contributed by atoms with Gasteiger partial charge in [0.15, 0.2) is 0 Å². The Morgan fingerprint density at radius 1 is 1.23 bits per heavy atom. The van der Waals surface area contributed by atoms with Crippen LogP contribution in [0.25, 0.3) is 0 Å². The first-order chi connectivity index (χ1) is 6.34. The smallest absolute Gasteiger partial charge is 0.0209 e. The third kappa shape index (κ3) is 2.55. The Bertz CT molecular complexity index is 189. The molecule has 2 atom stereocenters. The maximum absolute atomic E-state index is 3.76. The van der Waals surface area contributed by atoms with E-state index in [-0.39, 0.29) is 0 Å². The molecule has 2 heteroatoms. The number of likely N-dealkylation sites (N-methyl/N-ethyl adjacent to an activating group) is 1. The minimum absolute atomic E-state index is 0.751. The van der Waals surface area contributed by atoms with Crippen molar-refractivity contribution in [1.82, 2.24) is 10.2 Å². The highest BCUT2D eigenvalue weighted by Gasteiger charge is 2.21. The van der Waals surface area contributed by atoms with Gasteiger partial charge in [0.25, 0.3) is 0 Å². The van der Waals surface area contributed by atoms with Crippen LogP contribution in [0.1, 0.15) is 25.7 Å². The van der Waals surface area contributed by atoms with Crippen molar-refractivity contribution >= 4 is 0 Å². The predicted molar refractivity (Wildman–Crippen MR) is 55.8 cm³/mol. The van der Waals surface area contributed by atoms with E-state index < -0.39 is 0 Å². The van der Waals surface area contributed by atoms with Crippen LogP contribution < -0.4 is 5.32 Å². The zero-order chi connectivity index (χ0) is 9.10. The van der Waals surface area contributed by atoms with E-state index in [1.54, 1.807) is 0 Å². The van der Waals surface area contributed by atoms with Crippen LogP contribution >= 0.6 is 0 Å². The van der Waals surface area contributed by atoms with Crippen molar-refractivity contribution in [3.63, 3.8) is 0 Å². The van der Waals surface area contributed by atoms with Crippen molar-refractivity contribution in [2.75, 3.05) is 20.1 Å². The Kier molecular flexibility index (Phi) is 3.01. The summed E-state index contributed by atoms with van der Waals surface area (Å²) < 4.78 is 0. The number of allylic oxidation sites excluding steroid dienone is 1. The monoisotopic (exact) mass is 180 g/mol. The van der Waals surface area contributed by atoms with Crippen molar-refractivity contribution < 1.29 is 0 Å². The molecule has 2 aliphatic rings. The number of nitrogens with one attached hydrogen (secondary N) is 1. The molecule has 74 valence electrons. The first-order valence-corrected chi connectivity index (χ1v) is 5.44. The third-order valence-electron chi connectivity index (χ3n) is 3.13. The molecule has 1 heterocycles. The fourth-order valence-electron chi connectivity index (χ4n) is 2.35. The second kappa shape index (κ2) is 4.25. The second-order valence-electron chi connectivity index (χ2n) is 4.40. The fraction of sp³-hybridized carbons (Fsp3) is 0.818. The van der Waals surface area contributed by atoms with Crippen LogP contribution in [0.3, 0.4) is 0 Å². The Labute approximate surface area is 81.0 Å². The first-order valence-electron chi connectivity index (χ1n) is 5.44. The number of likely N-dealkylation sites (tertiary alicyclic amines) is 1. The predicted octanol–water partition coefficient (Wildman–Crippen LogP) is 1.39. The van der Waals surface area contributed by atoms with Crippen LogP contribution in [-0.2, 0) is 0 Å². The molecule has 1 saturated heterocycles. The van der Waals surface area contributed by atoms with Crippen LogP contribution in [-0.4, -0.2) is 37.1 Å². The van der Waals surface area contributed by atoms with Crippen molar-refractivity contribution in [3.8, 4) is 0 Å². The molecule has 2 nitrogen and oxygen atoms in total. The van der Waals surface area contributed by atoms with Crippen molar-refractivity contribution in [2.24, 2.45) is 0 Å². The topological polar surface area (TPSA) is 15.3 Å². The summed E-state index contributed by atoms with van der Waals surface area (Å²) >= 11 is 0. The van der Waals surface area contributed by atoms with E-state index in [9.17, 15) is 0 Å². The van der Waals surface area contributed by atoms with E-state index in [0.717, 1.165) is 12.1 Å². The van der Waals surface area contributed by atoms with Gasteiger partial charge in [-0.1, -0.05) is 12.2 Å². The fourth-order valence-corrected chi connectivity index (χ4v) is 2.35. The highest BCUT2D eigenvalue weighted by Crippen LogP contribution is 2.14. The van der Waals surface area contributed by atoms with Gasteiger partial charge in [-0.25, -0.2) is 0 Å². The van der Waals surface area contributed by atoms with Gasteiger partial charge in [-0.2, -0.15) is 0 Å². The summed E-state index contributed by atoms with van der Waals surface area (Å²) in [6.45, 7) is 2.50. The molecule has 2 unspecified atom stereocenters. The highest BCUT2D eigenvalue weighted by molar-refractivity contribution is 4.94. The largest absolute Gasteiger partial charge is 0.310 e. The lowest BCUT2D eigenvalue weighted by Crippen LogP contribution is -2.40. The van der Waals surface area contributed by atoms with E-state index >= 15 is 0 Å². The maximum atomic E-state index is 3.76. The van der Waals surface area contributed by atoms with E-state index in [4.69, 9.17) is 0 Å². The van der Waals surface area contributed by atoms with E-state index in [0.29, 0.717) is 0 Å². The minimum atomic E-state index is 0.751. The van der Waals surface area contributed by atoms with Gasteiger partial charge in [0, 0.05) is 18.6 Å². The van der Waals surface area contributed by atoms with Crippen molar-refractivity contribution in [3.05, 3.63) is 12.2 Å². The molecule has 0 aromatic rings. The number of hydrogen-bond donors (Lipinski definition) is 1. The van der Waals surface area contributed by atoms with Gasteiger partial charge >= 0.3 is 0 Å². The Morgan fingerprint density at radius 3 is 2.77 bits per heavy atom. The zero-order valence-electron chi connectivity index (χ0n) is 8.50. The van der Waals surface area contributed by atoms with Gasteiger partial charge < -0.3 is 10.2 Å². The summed E-state index contributed by atoms with van der Waals surface area (Å²) in [6.07, 6.45) is 9.78. The summed E-state index contributed by atoms with van der Waals surface area (Å²) in [5.74, 6) is 0. The van der Waals surface area contributed by atoms with E-state index in [2.05, 4.69) is 29.4 Å². The average Bonchev–Trinajstić information content (AvgIpc) is 2.53. The molecule has 0 bridgehead atoms. The Morgan fingerprint density at radius 2 is 2.15 bits per heavy atom. The summed E-state index contributed by atoms with van der Waals surface area (Å²) in [7, 11) is 2.21. The molecule has 2 rings (SSSR count). The van der Waals surface area contributed by atoms with Gasteiger partial charge in [0.1, 0.15) is 0 Å². The van der Waals surface area contributed by atoms with Gasteiger partial charge in [-0.3, -0.25) is 0 Å². The molecule has 0 aromatic carbocycles. The maximum Gasteiger partial charge on any atom is 0.0209 e. The quantitative estimate of drug-likeness (QED) is 0.646. The van der Waals surface area contributed by atoms with Gasteiger partial charge in [0.05, 0.1) is 0 Å². The van der Waals surface area contributed by atoms with E-state index in [1.165, 1.54) is 38.8 Å². The van der Waals surface area contributed by atoms with Gasteiger partial charge in [0.2, 0.25) is 0 Å². The molecule has 1 fully saturated rings. The molecule has 0 aromatic heterocycles. The van der Waals surface area contributed by atoms with Gasteiger partial charge in [-0.05, 0) is 39.3 Å². The average molecular weight is 180 g/mol. The molecule has 0 saturated carbocycles. The SMILES string of the molecule is CN1CCC(NC2CC=CCC2)C1. The Balaban J connectivity index is 1.74. The molecule has 1 aliphatic heterocycles. The summed E-state index contributed by atoms with van der Waals surface area (Å²) in [5.41, 5.74) is 0. The summed E-state index contributed by atoms with van der Waals surface area (Å²) in [5, 5.41) is 3.76. The molecule has 0 amide bonds. The molecular formula is C11H20N2. The summed E-state index contributed by atoms with van der Waals surface area (Å²) in [6, 6.07) is 1.50. The normalized spacial score (nSPS) is 35.5. The minimum Gasteiger partial charge on any atom is -0.310 e. The van der Waals surface area contributed by atoms with Gasteiger partial charge in [-0.15, -0.1) is 0 Å². The van der Waals surface area contributed by atoms with Crippen LogP contribution in [0, 0.1) is 0 Å². The summed E-state index contributed by atoms with van der Waals surface area (Å²) in [4.78, 5) is 2.41. The molecule has 0 radical (unpaired) electrons. The Hall–Kier alpha value is -0.340. The van der Waals surface area contributed by atoms with Crippen molar-refractivity contribution in [1.29, 1.82) is 0 Å². The zero-order valence-corrected chi connectivity index (χ0v) is 8.50. The third-order valence-corrected chi connectivity index (χ3v) is 3.13. The number of nitrogens with zero attached hydrogens (tertiary/aromatic N) is 1.